The van der Waals surface area contributed by atoms with Crippen LogP contribution in [0.1, 0.15) is 22.7 Å². The zero-order valence-corrected chi connectivity index (χ0v) is 22.5. The number of nitro groups is 1. The second-order valence-corrected chi connectivity index (χ2v) is 9.39. The number of ketones is 1. The molecule has 2 heterocycles. The van der Waals surface area contributed by atoms with Gasteiger partial charge in [-0.2, -0.15) is 0 Å². The summed E-state index contributed by atoms with van der Waals surface area (Å²) in [5.74, 6) is -0.747. The van der Waals surface area contributed by atoms with Crippen LogP contribution in [0.2, 0.25) is 0 Å². The Kier molecular flexibility index (Phi) is 7.34. The van der Waals surface area contributed by atoms with E-state index in [4.69, 9.17) is 14.2 Å². The first-order valence-electron chi connectivity index (χ1n) is 12.7. The lowest BCUT2D eigenvalue weighted by atomic mass is 9.94. The summed E-state index contributed by atoms with van der Waals surface area (Å²) >= 11 is 0. The maximum Gasteiger partial charge on any atom is 0.295 e. The molecule has 3 aromatic carbocycles. The summed E-state index contributed by atoms with van der Waals surface area (Å²) < 4.78 is 15.9. The fourth-order valence-electron chi connectivity index (χ4n) is 5.14. The highest BCUT2D eigenvalue weighted by Gasteiger charge is 2.46. The molecule has 1 atom stereocenters. The lowest BCUT2D eigenvalue weighted by molar-refractivity contribution is -0.384. The van der Waals surface area contributed by atoms with Gasteiger partial charge in [0.15, 0.2) is 11.5 Å². The van der Waals surface area contributed by atoms with Gasteiger partial charge in [0.25, 0.3) is 17.4 Å². The van der Waals surface area contributed by atoms with E-state index in [2.05, 4.69) is 4.98 Å². The van der Waals surface area contributed by atoms with Gasteiger partial charge in [0, 0.05) is 41.3 Å². The number of Topliss-reactive ketones (excluding diaryl/α,β-unsaturated/α-hetero) is 1. The van der Waals surface area contributed by atoms with Gasteiger partial charge in [0.2, 0.25) is 0 Å². The third-order valence-electron chi connectivity index (χ3n) is 7.19. The number of likely N-dealkylation sites (tertiary alicyclic amines) is 1. The molecule has 0 bridgehead atoms. The SMILES string of the molecule is COc1ccc2[nH]cc(CCN3C(=O)C(=O)C(=C(O)c4ccc(OC)c(OC)c4)[C@H]3c3cccc([N+](=O)[O-])c3)c2c1. The smallest absolute Gasteiger partial charge is 0.295 e. The molecule has 11 heteroatoms. The number of aliphatic hydroxyl groups is 1. The van der Waals surface area contributed by atoms with E-state index in [0.29, 0.717) is 29.2 Å². The highest BCUT2D eigenvalue weighted by atomic mass is 16.6. The molecule has 1 aliphatic heterocycles. The van der Waals surface area contributed by atoms with Crippen LogP contribution >= 0.6 is 0 Å². The molecule has 0 unspecified atom stereocenters. The number of H-pyrrole nitrogens is 1. The topological polar surface area (TPSA) is 144 Å². The Hall–Kier alpha value is -5.32. The van der Waals surface area contributed by atoms with Crippen molar-refractivity contribution < 1.29 is 33.8 Å². The van der Waals surface area contributed by atoms with Crippen molar-refractivity contribution in [1.82, 2.24) is 9.88 Å². The molecule has 1 aliphatic rings. The van der Waals surface area contributed by atoms with Crippen molar-refractivity contribution in [3.05, 3.63) is 99.2 Å². The molecule has 210 valence electrons. The Morgan fingerprint density at radius 2 is 1.78 bits per heavy atom. The predicted octanol–water partition coefficient (Wildman–Crippen LogP) is 4.77. The molecule has 5 rings (SSSR count). The number of amides is 1. The van der Waals surface area contributed by atoms with E-state index < -0.39 is 28.4 Å². The van der Waals surface area contributed by atoms with Crippen LogP contribution in [-0.4, -0.2) is 59.5 Å². The summed E-state index contributed by atoms with van der Waals surface area (Å²) in [6.45, 7) is 0.102. The second-order valence-electron chi connectivity index (χ2n) is 9.39. The minimum absolute atomic E-state index is 0.102. The van der Waals surface area contributed by atoms with Crippen molar-refractivity contribution in [2.24, 2.45) is 0 Å². The van der Waals surface area contributed by atoms with Crippen molar-refractivity contribution in [1.29, 1.82) is 0 Å². The van der Waals surface area contributed by atoms with E-state index in [1.807, 2.05) is 24.4 Å². The van der Waals surface area contributed by atoms with Crippen LogP contribution in [0.3, 0.4) is 0 Å². The lowest BCUT2D eigenvalue weighted by Crippen LogP contribution is -2.31. The van der Waals surface area contributed by atoms with Gasteiger partial charge in [-0.15, -0.1) is 0 Å². The molecule has 41 heavy (non-hydrogen) atoms. The fourth-order valence-corrected chi connectivity index (χ4v) is 5.14. The Labute approximate surface area is 234 Å². The molecule has 1 fully saturated rings. The van der Waals surface area contributed by atoms with Crippen molar-refractivity contribution >= 4 is 34.0 Å². The number of fused-ring (bicyclic) bond motifs is 1. The highest BCUT2D eigenvalue weighted by molar-refractivity contribution is 6.46. The molecule has 1 amide bonds. The van der Waals surface area contributed by atoms with Gasteiger partial charge >= 0.3 is 0 Å². The molecule has 0 spiro atoms. The Balaban J connectivity index is 1.60. The first-order chi connectivity index (χ1) is 19.8. The number of hydrogen-bond acceptors (Lipinski definition) is 8. The third-order valence-corrected chi connectivity index (χ3v) is 7.19. The van der Waals surface area contributed by atoms with E-state index >= 15 is 0 Å². The van der Waals surface area contributed by atoms with E-state index in [1.54, 1.807) is 19.2 Å². The minimum atomic E-state index is -1.07. The van der Waals surface area contributed by atoms with Crippen LogP contribution in [0.5, 0.6) is 17.2 Å². The number of aromatic amines is 1. The highest BCUT2D eigenvalue weighted by Crippen LogP contribution is 2.41. The standard InChI is InChI=1S/C30H27N3O8/c1-39-21-8-9-23-22(15-21)19(16-31-23)11-12-32-27(17-5-4-6-20(13-17)33(37)38)26(29(35)30(32)36)28(34)18-7-10-24(40-2)25(14-18)41-3/h4-10,13-16,27,31,34H,11-12H2,1-3H3/t27-/m1/s1. The van der Waals surface area contributed by atoms with Crippen molar-refractivity contribution in [2.45, 2.75) is 12.5 Å². The zero-order valence-electron chi connectivity index (χ0n) is 22.5. The summed E-state index contributed by atoms with van der Waals surface area (Å²) in [6.07, 6.45) is 2.19. The number of nitrogens with zero attached hydrogens (tertiary/aromatic N) is 2. The summed E-state index contributed by atoms with van der Waals surface area (Å²) in [6, 6.07) is 14.8. The van der Waals surface area contributed by atoms with Crippen LogP contribution in [0.15, 0.2) is 72.4 Å². The molecule has 1 aromatic heterocycles. The lowest BCUT2D eigenvalue weighted by Gasteiger charge is -2.25. The van der Waals surface area contributed by atoms with Crippen molar-refractivity contribution in [3.63, 3.8) is 0 Å². The Bertz CT molecular complexity index is 1710. The van der Waals surface area contributed by atoms with Crippen molar-refractivity contribution in [3.8, 4) is 17.2 Å². The number of methoxy groups -OCH3 is 3. The quantitative estimate of drug-likeness (QED) is 0.0985. The number of carbonyl (C=O) groups excluding carboxylic acids is 2. The number of nitro benzene ring substituents is 1. The molecule has 11 nitrogen and oxygen atoms in total. The molecule has 0 aliphatic carbocycles. The fraction of sp³-hybridized carbons (Fsp3) is 0.200. The molecule has 1 saturated heterocycles. The molecular weight excluding hydrogens is 530 g/mol. The number of aliphatic hydroxyl groups excluding tert-OH is 1. The van der Waals surface area contributed by atoms with Gasteiger partial charge in [-0.1, -0.05) is 12.1 Å². The number of non-ortho nitro benzene ring substituents is 1. The average Bonchev–Trinajstić information content (AvgIpc) is 3.52. The maximum absolute atomic E-state index is 13.4. The van der Waals surface area contributed by atoms with Crippen LogP contribution in [-0.2, 0) is 16.0 Å². The molecule has 0 radical (unpaired) electrons. The Morgan fingerprint density at radius 1 is 1.00 bits per heavy atom. The van der Waals surface area contributed by atoms with Gasteiger partial charge in [-0.25, -0.2) is 0 Å². The summed E-state index contributed by atoms with van der Waals surface area (Å²) in [4.78, 5) is 42.4. The van der Waals surface area contributed by atoms with Crippen molar-refractivity contribution in [2.75, 3.05) is 27.9 Å². The van der Waals surface area contributed by atoms with Crippen LogP contribution < -0.4 is 14.2 Å². The third kappa shape index (κ3) is 4.93. The van der Waals surface area contributed by atoms with Crippen LogP contribution in [0, 0.1) is 10.1 Å². The summed E-state index contributed by atoms with van der Waals surface area (Å²) in [5, 5.41) is 23.9. The number of aromatic nitrogens is 1. The normalized spacial score (nSPS) is 16.3. The van der Waals surface area contributed by atoms with Crippen LogP contribution in [0.25, 0.3) is 16.7 Å². The van der Waals surface area contributed by atoms with Gasteiger partial charge in [-0.05, 0) is 53.9 Å². The number of ether oxygens (including phenoxy) is 3. The molecular formula is C30H27N3O8. The molecule has 0 saturated carbocycles. The van der Waals surface area contributed by atoms with Gasteiger partial charge in [0.05, 0.1) is 37.9 Å². The Morgan fingerprint density at radius 3 is 2.49 bits per heavy atom. The largest absolute Gasteiger partial charge is 0.507 e. The maximum atomic E-state index is 13.4. The van der Waals surface area contributed by atoms with Crippen LogP contribution in [0.4, 0.5) is 5.69 Å². The van der Waals surface area contributed by atoms with E-state index in [9.17, 15) is 24.8 Å². The van der Waals surface area contributed by atoms with E-state index in [0.717, 1.165) is 16.5 Å². The number of hydrogen-bond donors (Lipinski definition) is 2. The summed E-state index contributed by atoms with van der Waals surface area (Å²) in [7, 11) is 4.48. The van der Waals surface area contributed by atoms with E-state index in [1.165, 1.54) is 49.5 Å². The van der Waals surface area contributed by atoms with Gasteiger partial charge < -0.3 is 29.2 Å². The number of nitrogens with one attached hydrogen (secondary N) is 1. The van der Waals surface area contributed by atoms with E-state index in [-0.39, 0.29) is 23.4 Å². The predicted molar refractivity (Wildman–Crippen MR) is 150 cm³/mol. The summed E-state index contributed by atoms with van der Waals surface area (Å²) in [5.41, 5.74) is 1.93. The average molecular weight is 558 g/mol. The number of benzene rings is 3. The number of carbonyl (C=O) groups is 2. The number of rotatable bonds is 9. The first-order valence-corrected chi connectivity index (χ1v) is 12.7. The first kappa shape index (κ1) is 27.3. The van der Waals surface area contributed by atoms with Gasteiger partial charge in [0.1, 0.15) is 11.5 Å². The second kappa shape index (κ2) is 11.0. The molecule has 4 aromatic rings. The molecule has 2 N–H and O–H groups in total. The van der Waals surface area contributed by atoms with Gasteiger partial charge in [-0.3, -0.25) is 19.7 Å². The minimum Gasteiger partial charge on any atom is -0.507 e. The zero-order chi connectivity index (χ0) is 29.3. The monoisotopic (exact) mass is 557 g/mol.